The number of halogens is 3. The monoisotopic (exact) mass is 422 g/mol. The molecule has 1 heterocycles. The molecule has 1 unspecified atom stereocenters. The second-order valence-electron chi connectivity index (χ2n) is 7.52. The predicted octanol–water partition coefficient (Wildman–Crippen LogP) is 4.95. The minimum Gasteiger partial charge on any atom is -0.492 e. The summed E-state index contributed by atoms with van der Waals surface area (Å²) in [6, 6.07) is 10.1. The van der Waals surface area contributed by atoms with Crippen LogP contribution in [0.4, 0.5) is 13.2 Å². The van der Waals surface area contributed by atoms with Crippen molar-refractivity contribution < 1.29 is 37.3 Å². The maximum absolute atomic E-state index is 13.3. The van der Waals surface area contributed by atoms with Gasteiger partial charge in [0.2, 0.25) is 0 Å². The van der Waals surface area contributed by atoms with E-state index in [1.807, 2.05) is 0 Å². The average molecular weight is 422 g/mol. The van der Waals surface area contributed by atoms with Crippen LogP contribution < -0.4 is 9.47 Å². The summed E-state index contributed by atoms with van der Waals surface area (Å²) >= 11 is 0. The van der Waals surface area contributed by atoms with E-state index < -0.39 is 18.2 Å². The normalized spacial score (nSPS) is 20.9. The van der Waals surface area contributed by atoms with Crippen molar-refractivity contribution in [3.05, 3.63) is 58.7 Å². The van der Waals surface area contributed by atoms with Gasteiger partial charge in [0.25, 0.3) is 0 Å². The van der Waals surface area contributed by atoms with Crippen LogP contribution in [0.15, 0.2) is 36.4 Å². The van der Waals surface area contributed by atoms with Gasteiger partial charge >= 0.3 is 12.1 Å². The molecule has 30 heavy (non-hydrogen) atoms. The molecule has 3 atom stereocenters. The molecule has 2 aliphatic rings. The first kappa shape index (κ1) is 20.5. The number of ether oxygens (including phenoxy) is 3. The van der Waals surface area contributed by atoms with E-state index in [0.717, 1.165) is 18.2 Å². The lowest BCUT2D eigenvalue weighted by Crippen LogP contribution is -2.23. The highest BCUT2D eigenvalue weighted by Gasteiger charge is 2.43. The molecule has 0 fully saturated rings. The molecule has 0 radical (unpaired) electrons. The molecule has 4 rings (SSSR count). The van der Waals surface area contributed by atoms with Gasteiger partial charge in [-0.1, -0.05) is 24.3 Å². The lowest BCUT2D eigenvalue weighted by atomic mass is 9.97. The fraction of sp³-hybridized carbons (Fsp3) is 0.409. The summed E-state index contributed by atoms with van der Waals surface area (Å²) in [5, 5.41) is 9.01. The number of methoxy groups -OCH3 is 1. The number of carboxylic acid groups (broad SMARTS) is 1. The van der Waals surface area contributed by atoms with E-state index in [0.29, 0.717) is 36.5 Å². The summed E-state index contributed by atoms with van der Waals surface area (Å²) in [5.41, 5.74) is 2.30. The molecule has 0 aromatic heterocycles. The van der Waals surface area contributed by atoms with Gasteiger partial charge < -0.3 is 19.3 Å². The van der Waals surface area contributed by atoms with Crippen LogP contribution in [-0.4, -0.2) is 31.0 Å². The molecular formula is C22H21F3O5. The highest BCUT2D eigenvalue weighted by Crippen LogP contribution is 2.44. The smallest absolute Gasteiger partial charge is 0.418 e. The maximum Gasteiger partial charge on any atom is 0.418 e. The highest BCUT2D eigenvalue weighted by atomic mass is 19.4. The Morgan fingerprint density at radius 1 is 1.27 bits per heavy atom. The molecule has 0 spiro atoms. The van der Waals surface area contributed by atoms with E-state index >= 15 is 0 Å². The number of hydrogen-bond donors (Lipinski definition) is 1. The Morgan fingerprint density at radius 2 is 2.07 bits per heavy atom. The number of benzene rings is 2. The maximum atomic E-state index is 13.3. The van der Waals surface area contributed by atoms with Crippen LogP contribution in [0.1, 0.15) is 53.2 Å². The Labute approximate surface area is 171 Å². The number of aliphatic carboxylic acids is 1. The minimum atomic E-state index is -4.49. The van der Waals surface area contributed by atoms with Crippen LogP contribution in [0.25, 0.3) is 0 Å². The van der Waals surface area contributed by atoms with Gasteiger partial charge in [0.15, 0.2) is 6.10 Å². The van der Waals surface area contributed by atoms with Crippen LogP contribution >= 0.6 is 0 Å². The Kier molecular flexibility index (Phi) is 5.36. The zero-order valence-corrected chi connectivity index (χ0v) is 16.2. The topological polar surface area (TPSA) is 65.0 Å². The predicted molar refractivity (Wildman–Crippen MR) is 101 cm³/mol. The fourth-order valence-corrected chi connectivity index (χ4v) is 4.32. The Hall–Kier alpha value is -2.74. The van der Waals surface area contributed by atoms with Gasteiger partial charge in [0, 0.05) is 24.7 Å². The van der Waals surface area contributed by atoms with Crippen LogP contribution in [0.3, 0.4) is 0 Å². The summed E-state index contributed by atoms with van der Waals surface area (Å²) in [6.07, 6.45) is -5.82. The lowest BCUT2D eigenvalue weighted by molar-refractivity contribution is -0.216. The van der Waals surface area contributed by atoms with Gasteiger partial charge in [0.05, 0.1) is 13.0 Å². The third-order valence-electron chi connectivity index (χ3n) is 5.63. The second kappa shape index (κ2) is 7.83. The number of hydrogen-bond acceptors (Lipinski definition) is 4. The van der Waals surface area contributed by atoms with Crippen molar-refractivity contribution in [1.82, 2.24) is 0 Å². The van der Waals surface area contributed by atoms with Gasteiger partial charge in [0.1, 0.15) is 17.6 Å². The molecule has 1 aliphatic heterocycles. The zero-order valence-electron chi connectivity index (χ0n) is 16.2. The van der Waals surface area contributed by atoms with Crippen molar-refractivity contribution >= 4 is 5.97 Å². The van der Waals surface area contributed by atoms with E-state index in [4.69, 9.17) is 19.3 Å². The number of carbonyl (C=O) groups is 1. The number of fused-ring (bicyclic) bond motifs is 2. The summed E-state index contributed by atoms with van der Waals surface area (Å²) in [7, 11) is 1.06. The van der Waals surface area contributed by atoms with Crippen LogP contribution in [-0.2, 0) is 16.0 Å². The molecule has 8 heteroatoms. The number of rotatable bonds is 6. The van der Waals surface area contributed by atoms with Crippen molar-refractivity contribution in [3.8, 4) is 11.5 Å². The van der Waals surface area contributed by atoms with Crippen LogP contribution in [0.5, 0.6) is 11.5 Å². The molecule has 2 aromatic rings. The lowest BCUT2D eigenvalue weighted by Gasteiger charge is -2.22. The summed E-state index contributed by atoms with van der Waals surface area (Å²) in [4.78, 5) is 11.0. The van der Waals surface area contributed by atoms with Gasteiger partial charge in [-0.2, -0.15) is 13.2 Å². The molecule has 0 amide bonds. The Bertz CT molecular complexity index is 956. The molecule has 5 nitrogen and oxygen atoms in total. The van der Waals surface area contributed by atoms with E-state index in [2.05, 4.69) is 0 Å². The molecule has 2 aromatic carbocycles. The first-order valence-corrected chi connectivity index (χ1v) is 9.64. The minimum absolute atomic E-state index is 0.00808. The number of carboxylic acids is 1. The largest absolute Gasteiger partial charge is 0.492 e. The summed E-state index contributed by atoms with van der Waals surface area (Å²) in [5.74, 6) is 0.0346. The third kappa shape index (κ3) is 3.84. The van der Waals surface area contributed by atoms with E-state index in [9.17, 15) is 18.0 Å². The average Bonchev–Trinajstić information content (AvgIpc) is 3.26. The molecule has 1 N–H and O–H groups in total. The standard InChI is InChI=1S/C22H21F3O5/c1-28-21(22(23,24)25)17-4-2-3-16-15(17)7-8-18(16)30-13-5-6-14-12(9-20(26)27)11-29-19(14)10-13/h2-6,10,12,18,21H,7-9,11H2,1H3,(H,26,27)/t12?,18-,21-/m1/s1. The van der Waals surface area contributed by atoms with Crippen molar-refractivity contribution in [2.45, 2.75) is 43.6 Å². The Morgan fingerprint density at radius 3 is 2.77 bits per heavy atom. The fourth-order valence-electron chi connectivity index (χ4n) is 4.32. The van der Waals surface area contributed by atoms with Crippen molar-refractivity contribution in [3.63, 3.8) is 0 Å². The van der Waals surface area contributed by atoms with Gasteiger partial charge in [-0.05, 0) is 35.6 Å². The third-order valence-corrected chi connectivity index (χ3v) is 5.63. The SMILES string of the molecule is CO[C@H](c1cccc2c1CC[C@H]2Oc1ccc2c(c1)OCC2CC(=O)O)C(F)(F)F. The number of alkyl halides is 3. The summed E-state index contributed by atoms with van der Waals surface area (Å²) < 4.78 is 56.5. The molecular weight excluding hydrogens is 401 g/mol. The molecule has 0 bridgehead atoms. The quantitative estimate of drug-likeness (QED) is 0.713. The van der Waals surface area contributed by atoms with Crippen molar-refractivity contribution in [2.24, 2.45) is 0 Å². The first-order valence-electron chi connectivity index (χ1n) is 9.64. The highest BCUT2D eigenvalue weighted by molar-refractivity contribution is 5.68. The van der Waals surface area contributed by atoms with E-state index in [-0.39, 0.29) is 24.0 Å². The van der Waals surface area contributed by atoms with Crippen molar-refractivity contribution in [2.75, 3.05) is 13.7 Å². The molecule has 1 aliphatic carbocycles. The molecule has 0 saturated carbocycles. The van der Waals surface area contributed by atoms with Crippen LogP contribution in [0.2, 0.25) is 0 Å². The molecule has 160 valence electrons. The van der Waals surface area contributed by atoms with Crippen LogP contribution in [0, 0.1) is 0 Å². The van der Waals surface area contributed by atoms with Crippen molar-refractivity contribution in [1.29, 1.82) is 0 Å². The van der Waals surface area contributed by atoms with E-state index in [1.54, 1.807) is 30.3 Å². The first-order chi connectivity index (χ1) is 14.3. The van der Waals surface area contributed by atoms with Gasteiger partial charge in [-0.15, -0.1) is 0 Å². The Balaban J connectivity index is 1.56. The molecule has 0 saturated heterocycles. The second-order valence-corrected chi connectivity index (χ2v) is 7.52. The summed E-state index contributed by atoms with van der Waals surface area (Å²) in [6.45, 7) is 0.302. The zero-order chi connectivity index (χ0) is 21.5. The van der Waals surface area contributed by atoms with Gasteiger partial charge in [-0.25, -0.2) is 0 Å². The van der Waals surface area contributed by atoms with E-state index in [1.165, 1.54) is 6.07 Å². The van der Waals surface area contributed by atoms with Gasteiger partial charge in [-0.3, -0.25) is 4.79 Å².